The molecule has 0 saturated carbocycles. The maximum absolute atomic E-state index is 8.90. The van der Waals surface area contributed by atoms with Crippen LogP contribution in [-0.4, -0.2) is 31.7 Å². The summed E-state index contributed by atoms with van der Waals surface area (Å²) in [6.07, 6.45) is 3.03. The van der Waals surface area contributed by atoms with E-state index in [4.69, 9.17) is 10.0 Å². The Hall–Kier alpha value is -1.40. The van der Waals surface area contributed by atoms with Gasteiger partial charge in [0.05, 0.1) is 11.8 Å². The van der Waals surface area contributed by atoms with Crippen molar-refractivity contribution in [3.8, 4) is 0 Å². The van der Waals surface area contributed by atoms with Gasteiger partial charge in [-0.25, -0.2) is 9.97 Å². The molecule has 2 N–H and O–H groups in total. The monoisotopic (exact) mass is 177 g/mol. The molecule has 2 aromatic heterocycles. The molecular formula is C7H8BN3O2. The second-order valence-electron chi connectivity index (χ2n) is 2.84. The highest BCUT2D eigenvalue weighted by molar-refractivity contribution is 6.58. The van der Waals surface area contributed by atoms with Gasteiger partial charge in [0.2, 0.25) is 0 Å². The molecule has 13 heavy (non-hydrogen) atoms. The quantitative estimate of drug-likeness (QED) is 0.528. The minimum atomic E-state index is -1.48. The van der Waals surface area contributed by atoms with Crippen LogP contribution in [0, 0.1) is 0 Å². The fraction of sp³-hybridized carbons (Fsp3) is 0.143. The van der Waals surface area contributed by atoms with E-state index < -0.39 is 7.12 Å². The van der Waals surface area contributed by atoms with Crippen LogP contribution >= 0.6 is 0 Å². The third-order valence-electron chi connectivity index (χ3n) is 1.90. The molecule has 0 aliphatic heterocycles. The summed E-state index contributed by atoms with van der Waals surface area (Å²) in [5, 5.41) is 17.8. The lowest BCUT2D eigenvalue weighted by atomic mass is 9.82. The molecule has 2 rings (SSSR count). The number of nitrogens with zero attached hydrogens (tertiary/aromatic N) is 3. The maximum Gasteiger partial charge on any atom is 0.490 e. The average Bonchev–Trinajstić information content (AvgIpc) is 2.47. The van der Waals surface area contributed by atoms with E-state index in [-0.39, 0.29) is 0 Å². The first-order valence-corrected chi connectivity index (χ1v) is 3.81. The van der Waals surface area contributed by atoms with E-state index in [2.05, 4.69) is 9.97 Å². The summed E-state index contributed by atoms with van der Waals surface area (Å²) >= 11 is 0. The van der Waals surface area contributed by atoms with E-state index in [1.165, 1.54) is 6.20 Å². The molecule has 0 saturated heterocycles. The first-order valence-electron chi connectivity index (χ1n) is 3.81. The van der Waals surface area contributed by atoms with E-state index in [0.29, 0.717) is 11.1 Å². The number of hydrogen-bond acceptors (Lipinski definition) is 4. The summed E-state index contributed by atoms with van der Waals surface area (Å²) in [5.41, 5.74) is 1.76. The maximum atomic E-state index is 8.90. The number of aromatic nitrogens is 3. The highest BCUT2D eigenvalue weighted by Gasteiger charge is 2.12. The molecule has 6 heteroatoms. The minimum absolute atomic E-state index is 0.371. The zero-order valence-corrected chi connectivity index (χ0v) is 7.05. The van der Waals surface area contributed by atoms with Gasteiger partial charge >= 0.3 is 7.12 Å². The van der Waals surface area contributed by atoms with Gasteiger partial charge in [0.25, 0.3) is 0 Å². The second kappa shape index (κ2) is 2.83. The molecule has 0 atom stereocenters. The van der Waals surface area contributed by atoms with Crippen molar-refractivity contribution < 1.29 is 10.0 Å². The molecule has 0 aliphatic rings. The normalized spacial score (nSPS) is 10.7. The summed E-state index contributed by atoms with van der Waals surface area (Å²) in [7, 11) is 0.344. The van der Waals surface area contributed by atoms with Crippen molar-refractivity contribution in [3.63, 3.8) is 0 Å². The third kappa shape index (κ3) is 1.30. The van der Waals surface area contributed by atoms with Gasteiger partial charge in [0, 0.05) is 18.7 Å². The molecule has 0 spiro atoms. The Labute approximate surface area is 74.8 Å². The highest BCUT2D eigenvalue weighted by Crippen LogP contribution is 2.05. The number of rotatable bonds is 1. The summed E-state index contributed by atoms with van der Waals surface area (Å²) in [4.78, 5) is 7.98. The van der Waals surface area contributed by atoms with Crippen LogP contribution in [-0.2, 0) is 7.05 Å². The number of hydrogen-bond donors (Lipinski definition) is 2. The lowest BCUT2D eigenvalue weighted by Crippen LogP contribution is -2.30. The Balaban J connectivity index is 2.66. The van der Waals surface area contributed by atoms with E-state index in [1.807, 2.05) is 7.05 Å². The fourth-order valence-corrected chi connectivity index (χ4v) is 1.17. The number of fused-ring (bicyclic) bond motifs is 1. The van der Waals surface area contributed by atoms with Crippen LogP contribution < -0.4 is 5.46 Å². The molecule has 2 aromatic rings. The van der Waals surface area contributed by atoms with E-state index in [0.717, 1.165) is 5.52 Å². The first kappa shape index (κ1) is 8.21. The van der Waals surface area contributed by atoms with Crippen LogP contribution in [0.2, 0.25) is 0 Å². The second-order valence-corrected chi connectivity index (χ2v) is 2.84. The summed E-state index contributed by atoms with van der Waals surface area (Å²) in [6, 6.07) is 1.65. The molecule has 0 radical (unpaired) electrons. The molecule has 0 aliphatic carbocycles. The highest BCUT2D eigenvalue weighted by atomic mass is 16.4. The summed E-state index contributed by atoms with van der Waals surface area (Å²) < 4.78 is 1.77. The van der Waals surface area contributed by atoms with Gasteiger partial charge in [0.1, 0.15) is 0 Å². The van der Waals surface area contributed by atoms with Crippen molar-refractivity contribution in [2.75, 3.05) is 0 Å². The zero-order valence-electron chi connectivity index (χ0n) is 7.05. The average molecular weight is 177 g/mol. The Morgan fingerprint density at radius 2 is 2.15 bits per heavy atom. The van der Waals surface area contributed by atoms with Crippen LogP contribution in [0.4, 0.5) is 0 Å². The molecule has 0 bridgehead atoms. The van der Waals surface area contributed by atoms with Crippen molar-refractivity contribution in [1.82, 2.24) is 14.5 Å². The van der Waals surface area contributed by atoms with Crippen LogP contribution in [0.1, 0.15) is 0 Å². The number of pyridine rings is 1. The summed E-state index contributed by atoms with van der Waals surface area (Å²) in [6.45, 7) is 0. The van der Waals surface area contributed by atoms with Gasteiger partial charge in [-0.3, -0.25) is 0 Å². The van der Waals surface area contributed by atoms with Gasteiger partial charge < -0.3 is 14.6 Å². The van der Waals surface area contributed by atoms with Gasteiger partial charge in [0.15, 0.2) is 5.65 Å². The van der Waals surface area contributed by atoms with Crippen LogP contribution in [0.5, 0.6) is 0 Å². The van der Waals surface area contributed by atoms with Gasteiger partial charge in [-0.2, -0.15) is 0 Å². The van der Waals surface area contributed by atoms with Crippen molar-refractivity contribution >= 4 is 23.7 Å². The SMILES string of the molecule is Cn1cnc2ncc(B(O)O)cc21. The van der Waals surface area contributed by atoms with Crippen LogP contribution in [0.3, 0.4) is 0 Å². The van der Waals surface area contributed by atoms with Crippen LogP contribution in [0.15, 0.2) is 18.6 Å². The van der Waals surface area contributed by atoms with Crippen molar-refractivity contribution in [2.24, 2.45) is 7.05 Å². The lowest BCUT2D eigenvalue weighted by Gasteiger charge is -1.98. The van der Waals surface area contributed by atoms with Crippen molar-refractivity contribution in [1.29, 1.82) is 0 Å². The van der Waals surface area contributed by atoms with Gasteiger partial charge in [-0.05, 0) is 6.07 Å². The third-order valence-corrected chi connectivity index (χ3v) is 1.90. The largest absolute Gasteiger partial charge is 0.490 e. The van der Waals surface area contributed by atoms with E-state index >= 15 is 0 Å². The minimum Gasteiger partial charge on any atom is -0.423 e. The fourth-order valence-electron chi connectivity index (χ4n) is 1.17. The number of aryl methyl sites for hydroxylation is 1. The van der Waals surface area contributed by atoms with Crippen molar-refractivity contribution in [3.05, 3.63) is 18.6 Å². The zero-order chi connectivity index (χ0) is 9.42. The Morgan fingerprint density at radius 1 is 1.38 bits per heavy atom. The Kier molecular flexibility index (Phi) is 1.79. The molecule has 66 valence electrons. The predicted molar refractivity (Wildman–Crippen MR) is 48.3 cm³/mol. The molecule has 0 aromatic carbocycles. The molecule has 0 amide bonds. The van der Waals surface area contributed by atoms with Gasteiger partial charge in [-0.1, -0.05) is 0 Å². The predicted octanol–water partition coefficient (Wildman–Crippen LogP) is -1.35. The molecule has 2 heterocycles. The molecular weight excluding hydrogens is 169 g/mol. The van der Waals surface area contributed by atoms with Crippen molar-refractivity contribution in [2.45, 2.75) is 0 Å². The molecule has 5 nitrogen and oxygen atoms in total. The lowest BCUT2D eigenvalue weighted by molar-refractivity contribution is 0.425. The Morgan fingerprint density at radius 3 is 2.85 bits per heavy atom. The molecule has 0 fully saturated rings. The standard InChI is InChI=1S/C7H8BN3O2/c1-11-4-10-7-6(11)2-5(3-9-7)8(12)13/h2-4,12-13H,1H3. The summed E-state index contributed by atoms with van der Waals surface area (Å²) in [5.74, 6) is 0. The first-order chi connectivity index (χ1) is 6.18. The van der Waals surface area contributed by atoms with E-state index in [9.17, 15) is 0 Å². The number of imidazole rings is 1. The molecule has 0 unspecified atom stereocenters. The van der Waals surface area contributed by atoms with E-state index in [1.54, 1.807) is 17.0 Å². The topological polar surface area (TPSA) is 71.2 Å². The Bertz CT molecular complexity index is 440. The van der Waals surface area contributed by atoms with Crippen LogP contribution in [0.25, 0.3) is 11.2 Å². The van der Waals surface area contributed by atoms with Gasteiger partial charge in [-0.15, -0.1) is 0 Å². The smallest absolute Gasteiger partial charge is 0.423 e.